The van der Waals surface area contributed by atoms with Crippen LogP contribution >= 0.6 is 11.8 Å². The number of nitrogens with one attached hydrogen (secondary N) is 3. The lowest BCUT2D eigenvalue weighted by Gasteiger charge is -2.20. The van der Waals surface area contributed by atoms with Crippen molar-refractivity contribution in [1.82, 2.24) is 25.7 Å². The van der Waals surface area contributed by atoms with Crippen molar-refractivity contribution in [3.63, 3.8) is 0 Å². The number of fused-ring (bicyclic) bond motifs is 1. The fourth-order valence-electron chi connectivity index (χ4n) is 3.51. The van der Waals surface area contributed by atoms with Crippen LogP contribution in [0.4, 0.5) is 0 Å². The lowest BCUT2D eigenvalue weighted by Crippen LogP contribution is -2.31. The topological polar surface area (TPSA) is 152 Å². The van der Waals surface area contributed by atoms with E-state index in [9.17, 15) is 19.2 Å². The van der Waals surface area contributed by atoms with E-state index in [2.05, 4.69) is 19.9 Å². The number of esters is 1. The molecule has 2 aromatic rings. The van der Waals surface area contributed by atoms with Crippen molar-refractivity contribution >= 4 is 46.9 Å². The molecule has 3 rings (SSSR count). The molecule has 0 spiro atoms. The largest absolute Gasteiger partial charge is 0.468 e. The van der Waals surface area contributed by atoms with Crippen LogP contribution in [0.15, 0.2) is 18.2 Å². The van der Waals surface area contributed by atoms with E-state index in [1.165, 1.54) is 14.2 Å². The zero-order valence-electron chi connectivity index (χ0n) is 20.2. The van der Waals surface area contributed by atoms with Crippen LogP contribution in [0, 0.1) is 0 Å². The molecule has 1 unspecified atom stereocenters. The number of rotatable bonds is 12. The molecule has 4 N–H and O–H groups in total. The number of imidazole rings is 1. The molecule has 1 aliphatic carbocycles. The van der Waals surface area contributed by atoms with Crippen molar-refractivity contribution in [2.75, 3.05) is 32.7 Å². The maximum atomic E-state index is 12.4. The Morgan fingerprint density at radius 2 is 2.06 bits per heavy atom. The zero-order chi connectivity index (χ0) is 25.8. The lowest BCUT2D eigenvalue weighted by atomic mass is 10.2. The van der Waals surface area contributed by atoms with E-state index in [-0.39, 0.29) is 37.2 Å². The first kappa shape index (κ1) is 28.3. The van der Waals surface area contributed by atoms with Gasteiger partial charge in [0.1, 0.15) is 18.7 Å². The number of thioether (sulfide) groups is 1. The van der Waals surface area contributed by atoms with Crippen LogP contribution in [0.3, 0.4) is 0 Å². The van der Waals surface area contributed by atoms with Crippen molar-refractivity contribution in [2.45, 2.75) is 44.2 Å². The highest BCUT2D eigenvalue weighted by molar-refractivity contribution is 7.98. The minimum atomic E-state index is -0.526. The molecule has 1 fully saturated rings. The predicted octanol–water partition coefficient (Wildman–Crippen LogP) is 1.76. The number of amides is 2. The second-order valence-electron chi connectivity index (χ2n) is 7.86. The van der Waals surface area contributed by atoms with Crippen molar-refractivity contribution < 1.29 is 29.1 Å². The summed E-state index contributed by atoms with van der Waals surface area (Å²) in [6.07, 6.45) is 5.85. The Morgan fingerprint density at radius 3 is 2.66 bits per heavy atom. The van der Waals surface area contributed by atoms with Gasteiger partial charge in [0.2, 0.25) is 5.91 Å². The molecule has 1 atom stereocenters. The first-order valence-corrected chi connectivity index (χ1v) is 12.7. The van der Waals surface area contributed by atoms with Crippen molar-refractivity contribution in [1.29, 1.82) is 0 Å². The van der Waals surface area contributed by atoms with Gasteiger partial charge in [-0.1, -0.05) is 0 Å². The molecule has 11 nitrogen and oxygen atoms in total. The van der Waals surface area contributed by atoms with E-state index in [0.717, 1.165) is 36.2 Å². The smallest absolute Gasteiger partial charge is 0.325 e. The van der Waals surface area contributed by atoms with E-state index >= 15 is 0 Å². The summed E-state index contributed by atoms with van der Waals surface area (Å²) in [6, 6.07) is 5.30. The summed E-state index contributed by atoms with van der Waals surface area (Å²) in [5.74, 6) is 0.513. The summed E-state index contributed by atoms with van der Waals surface area (Å²) in [6.45, 7) is -0.210. The Bertz CT molecular complexity index is 1020. The number of ether oxygens (including phenoxy) is 1. The Labute approximate surface area is 208 Å². The first-order valence-electron chi connectivity index (χ1n) is 11.3. The summed E-state index contributed by atoms with van der Waals surface area (Å²) in [5.41, 5.74) is 3.71. The Balaban J connectivity index is 0.00000137. The number of benzene rings is 1. The first-order chi connectivity index (χ1) is 16.9. The third-order valence-electron chi connectivity index (χ3n) is 5.26. The van der Waals surface area contributed by atoms with E-state index in [1.54, 1.807) is 29.4 Å². The van der Waals surface area contributed by atoms with Gasteiger partial charge in [-0.2, -0.15) is 11.8 Å². The van der Waals surface area contributed by atoms with E-state index in [4.69, 9.17) is 10.2 Å². The maximum absolute atomic E-state index is 12.4. The summed E-state index contributed by atoms with van der Waals surface area (Å²) < 4.78 is 6.71. The molecule has 35 heavy (non-hydrogen) atoms. The number of aldehydes is 1. The van der Waals surface area contributed by atoms with Crippen LogP contribution in [0.1, 0.15) is 60.4 Å². The van der Waals surface area contributed by atoms with Gasteiger partial charge in [-0.05, 0) is 49.5 Å². The van der Waals surface area contributed by atoms with Gasteiger partial charge in [0.15, 0.2) is 0 Å². The minimum Gasteiger partial charge on any atom is -0.468 e. The molecule has 0 aliphatic heterocycles. The van der Waals surface area contributed by atoms with Gasteiger partial charge in [0.05, 0.1) is 24.2 Å². The Morgan fingerprint density at radius 1 is 1.34 bits per heavy atom. The van der Waals surface area contributed by atoms with Gasteiger partial charge >= 0.3 is 5.97 Å². The van der Waals surface area contributed by atoms with Gasteiger partial charge in [-0.25, -0.2) is 10.5 Å². The van der Waals surface area contributed by atoms with E-state index in [0.29, 0.717) is 23.5 Å². The number of carbonyl (C=O) groups excluding carboxylic acids is 4. The van der Waals surface area contributed by atoms with Gasteiger partial charge in [0, 0.05) is 31.5 Å². The predicted molar refractivity (Wildman–Crippen MR) is 132 cm³/mol. The minimum absolute atomic E-state index is 0.146. The van der Waals surface area contributed by atoms with Crippen molar-refractivity contribution in [3.8, 4) is 0 Å². The molecule has 0 radical (unpaired) electrons. The molecule has 192 valence electrons. The number of hydroxylamine groups is 1. The molecule has 0 bridgehead atoms. The summed E-state index contributed by atoms with van der Waals surface area (Å²) in [4.78, 5) is 51.5. The fraction of sp³-hybridized carbons (Fsp3) is 0.522. The van der Waals surface area contributed by atoms with Gasteiger partial charge in [-0.15, -0.1) is 0 Å². The standard InChI is InChI=1S/C22H28N4O5S.CH5NO/c1-31-20(29)13-23-22(30)14-5-8-18-17(12-14)25-21(26(18)15-6-7-15)16(9-11-32-2)24-19(28)4-3-10-27;1-2-3/h5,8,10,12,15-16H,3-4,6-7,9,11,13H2,1-2H3,(H,23,30)(H,24,28);2-3H,1H3. The molecule has 1 aromatic heterocycles. The average Bonchev–Trinajstić information content (AvgIpc) is 3.63. The quantitative estimate of drug-likeness (QED) is 0.191. The molecule has 1 aliphatic rings. The maximum Gasteiger partial charge on any atom is 0.325 e. The SMILES string of the molecule is CNO.COC(=O)CNC(=O)c1ccc2c(c1)nc(C(CCSC)NC(=O)CCC=O)n2C1CC1. The number of methoxy groups -OCH3 is 1. The molecule has 1 saturated carbocycles. The van der Waals surface area contributed by atoms with Crippen LogP contribution in [0.5, 0.6) is 0 Å². The number of carbonyl (C=O) groups is 4. The number of hydrogen-bond donors (Lipinski definition) is 4. The Hall–Kier alpha value is -2.96. The normalized spacial score (nSPS) is 13.4. The van der Waals surface area contributed by atoms with Gasteiger partial charge in [0.25, 0.3) is 5.91 Å². The highest BCUT2D eigenvalue weighted by atomic mass is 32.2. The van der Waals surface area contributed by atoms with Crippen LogP contribution in [0.25, 0.3) is 11.0 Å². The van der Waals surface area contributed by atoms with Crippen LogP contribution in [-0.2, 0) is 19.1 Å². The highest BCUT2D eigenvalue weighted by Crippen LogP contribution is 2.40. The number of hydrogen-bond acceptors (Lipinski definition) is 9. The summed E-state index contributed by atoms with van der Waals surface area (Å²) in [5, 5.41) is 12.9. The molecule has 1 heterocycles. The van der Waals surface area contributed by atoms with Gasteiger partial charge < -0.3 is 29.9 Å². The average molecular weight is 508 g/mol. The second kappa shape index (κ2) is 14.4. The van der Waals surface area contributed by atoms with Crippen LogP contribution < -0.4 is 16.1 Å². The van der Waals surface area contributed by atoms with Crippen molar-refractivity contribution in [3.05, 3.63) is 29.6 Å². The fourth-order valence-corrected chi connectivity index (χ4v) is 3.98. The summed E-state index contributed by atoms with van der Waals surface area (Å²) >= 11 is 1.69. The number of nitrogens with zero attached hydrogens (tertiary/aromatic N) is 2. The van der Waals surface area contributed by atoms with Crippen molar-refractivity contribution in [2.24, 2.45) is 0 Å². The summed E-state index contributed by atoms with van der Waals surface area (Å²) in [7, 11) is 2.69. The molecular weight excluding hydrogens is 474 g/mol. The second-order valence-corrected chi connectivity index (χ2v) is 8.85. The Kier molecular flexibility index (Phi) is 11.7. The molecule has 0 saturated heterocycles. The molecule has 2 amide bonds. The van der Waals surface area contributed by atoms with Crippen LogP contribution in [-0.4, -0.2) is 71.5 Å². The van der Waals surface area contributed by atoms with E-state index in [1.807, 2.05) is 12.3 Å². The van der Waals surface area contributed by atoms with Crippen LogP contribution in [0.2, 0.25) is 0 Å². The molecular formula is C23H33N5O6S. The van der Waals surface area contributed by atoms with E-state index < -0.39 is 5.97 Å². The highest BCUT2D eigenvalue weighted by Gasteiger charge is 2.31. The third-order valence-corrected chi connectivity index (χ3v) is 5.90. The monoisotopic (exact) mass is 507 g/mol. The molecule has 1 aromatic carbocycles. The van der Waals surface area contributed by atoms with Gasteiger partial charge in [-0.3, -0.25) is 14.4 Å². The lowest BCUT2D eigenvalue weighted by molar-refractivity contribution is -0.139. The molecule has 12 heteroatoms. The zero-order valence-corrected chi connectivity index (χ0v) is 21.0. The third kappa shape index (κ3) is 8.34. The number of aromatic nitrogens is 2.